The Morgan fingerprint density at radius 3 is 2.00 bits per heavy atom. The van der Waals surface area contributed by atoms with E-state index in [-0.39, 0.29) is 25.6 Å². The van der Waals surface area contributed by atoms with Gasteiger partial charge in [-0.15, -0.1) is 0 Å². The molecule has 6 heteroatoms. The molecule has 0 bridgehead atoms. The second-order valence-electron chi connectivity index (χ2n) is 4.05. The SMILES string of the molecule is CC(O)(O)C(O)C(CN)CC(CN)CO. The number of aliphatic hydroxyl groups is 4. The van der Waals surface area contributed by atoms with Crippen molar-refractivity contribution in [3.05, 3.63) is 0 Å². The van der Waals surface area contributed by atoms with Gasteiger partial charge in [0, 0.05) is 12.5 Å². The zero-order valence-electron chi connectivity index (χ0n) is 9.00. The monoisotopic (exact) mass is 222 g/mol. The van der Waals surface area contributed by atoms with Gasteiger partial charge in [0.15, 0.2) is 5.79 Å². The van der Waals surface area contributed by atoms with Crippen LogP contribution in [0.5, 0.6) is 0 Å². The molecular weight excluding hydrogens is 200 g/mol. The van der Waals surface area contributed by atoms with Crippen molar-refractivity contribution in [1.82, 2.24) is 0 Å². The standard InChI is InChI=1S/C9H22N2O4/c1-9(14,15)8(13)7(4-11)2-6(3-10)5-12/h6-8,12-15H,2-5,10-11H2,1H3. The van der Waals surface area contributed by atoms with Crippen LogP contribution in [0, 0.1) is 11.8 Å². The molecule has 15 heavy (non-hydrogen) atoms. The average molecular weight is 222 g/mol. The van der Waals surface area contributed by atoms with E-state index >= 15 is 0 Å². The molecule has 0 aliphatic carbocycles. The summed E-state index contributed by atoms with van der Waals surface area (Å²) in [7, 11) is 0. The van der Waals surface area contributed by atoms with Gasteiger partial charge in [-0.2, -0.15) is 0 Å². The zero-order valence-corrected chi connectivity index (χ0v) is 9.00. The minimum Gasteiger partial charge on any atom is -0.396 e. The topological polar surface area (TPSA) is 133 Å². The molecule has 0 spiro atoms. The van der Waals surface area contributed by atoms with Gasteiger partial charge in [-0.25, -0.2) is 0 Å². The summed E-state index contributed by atoms with van der Waals surface area (Å²) < 4.78 is 0. The average Bonchev–Trinajstić information content (AvgIpc) is 2.18. The van der Waals surface area contributed by atoms with E-state index in [9.17, 15) is 15.3 Å². The lowest BCUT2D eigenvalue weighted by atomic mass is 9.87. The van der Waals surface area contributed by atoms with E-state index in [2.05, 4.69) is 0 Å². The lowest BCUT2D eigenvalue weighted by Crippen LogP contribution is -2.47. The predicted octanol–water partition coefficient (Wildman–Crippen LogP) is -2.42. The molecule has 0 radical (unpaired) electrons. The van der Waals surface area contributed by atoms with E-state index < -0.39 is 17.8 Å². The van der Waals surface area contributed by atoms with Gasteiger partial charge in [0.25, 0.3) is 0 Å². The summed E-state index contributed by atoms with van der Waals surface area (Å²) in [5.41, 5.74) is 10.8. The summed E-state index contributed by atoms with van der Waals surface area (Å²) in [5.74, 6) is -2.86. The number of aliphatic hydroxyl groups excluding tert-OH is 2. The predicted molar refractivity (Wildman–Crippen MR) is 55.6 cm³/mol. The maximum Gasteiger partial charge on any atom is 0.186 e. The second kappa shape index (κ2) is 6.37. The fraction of sp³-hybridized carbons (Fsp3) is 1.00. The lowest BCUT2D eigenvalue weighted by Gasteiger charge is -2.31. The Morgan fingerprint density at radius 2 is 1.73 bits per heavy atom. The molecule has 0 aliphatic heterocycles. The molecule has 92 valence electrons. The number of hydrogen-bond acceptors (Lipinski definition) is 6. The van der Waals surface area contributed by atoms with Gasteiger partial charge in [-0.1, -0.05) is 0 Å². The molecule has 0 aromatic heterocycles. The normalized spacial score (nSPS) is 18.6. The second-order valence-corrected chi connectivity index (χ2v) is 4.05. The van der Waals surface area contributed by atoms with Crippen LogP contribution in [-0.4, -0.2) is 52.0 Å². The lowest BCUT2D eigenvalue weighted by molar-refractivity contribution is -0.226. The van der Waals surface area contributed by atoms with Crippen molar-refractivity contribution in [1.29, 1.82) is 0 Å². The molecular formula is C9H22N2O4. The van der Waals surface area contributed by atoms with Gasteiger partial charge in [0.2, 0.25) is 0 Å². The fourth-order valence-electron chi connectivity index (χ4n) is 1.47. The van der Waals surface area contributed by atoms with Crippen molar-refractivity contribution >= 4 is 0 Å². The highest BCUT2D eigenvalue weighted by Gasteiger charge is 2.34. The first-order valence-electron chi connectivity index (χ1n) is 5.00. The molecule has 3 unspecified atom stereocenters. The van der Waals surface area contributed by atoms with Gasteiger partial charge in [0.05, 0.1) is 0 Å². The molecule has 0 aliphatic rings. The molecule has 8 N–H and O–H groups in total. The van der Waals surface area contributed by atoms with Crippen molar-refractivity contribution < 1.29 is 20.4 Å². The molecule has 0 fully saturated rings. The van der Waals surface area contributed by atoms with Gasteiger partial charge in [-0.3, -0.25) is 0 Å². The third-order valence-corrected chi connectivity index (χ3v) is 2.54. The summed E-state index contributed by atoms with van der Waals surface area (Å²) in [5, 5.41) is 36.9. The van der Waals surface area contributed by atoms with Crippen LogP contribution in [0.1, 0.15) is 13.3 Å². The first-order chi connectivity index (χ1) is 6.86. The van der Waals surface area contributed by atoms with E-state index in [4.69, 9.17) is 16.6 Å². The van der Waals surface area contributed by atoms with Crippen LogP contribution in [-0.2, 0) is 0 Å². The molecule has 0 rings (SSSR count). The summed E-state index contributed by atoms with van der Waals surface area (Å²) in [6.45, 7) is 1.37. The van der Waals surface area contributed by atoms with Crippen molar-refractivity contribution in [2.45, 2.75) is 25.2 Å². The van der Waals surface area contributed by atoms with Gasteiger partial charge in [-0.05, 0) is 32.4 Å². The van der Waals surface area contributed by atoms with Crippen molar-refractivity contribution in [2.75, 3.05) is 19.7 Å². The molecule has 0 aromatic rings. The maximum atomic E-state index is 9.58. The minimum absolute atomic E-state index is 0.104. The Morgan fingerprint density at radius 1 is 1.20 bits per heavy atom. The number of rotatable bonds is 7. The van der Waals surface area contributed by atoms with Crippen molar-refractivity contribution in [2.24, 2.45) is 23.3 Å². The Bertz CT molecular complexity index is 168. The summed E-state index contributed by atoms with van der Waals surface area (Å²) in [6, 6.07) is 0. The Balaban J connectivity index is 4.35. The van der Waals surface area contributed by atoms with E-state index in [1.54, 1.807) is 0 Å². The molecule has 0 amide bonds. The summed E-state index contributed by atoms with van der Waals surface area (Å²) >= 11 is 0. The van der Waals surface area contributed by atoms with Crippen LogP contribution in [0.4, 0.5) is 0 Å². The highest BCUT2D eigenvalue weighted by Crippen LogP contribution is 2.21. The Kier molecular flexibility index (Phi) is 6.26. The van der Waals surface area contributed by atoms with E-state index in [0.717, 1.165) is 6.92 Å². The minimum atomic E-state index is -2.18. The molecule has 0 saturated heterocycles. The smallest absolute Gasteiger partial charge is 0.186 e. The quantitative estimate of drug-likeness (QED) is 0.266. The van der Waals surface area contributed by atoms with E-state index in [1.165, 1.54) is 0 Å². The van der Waals surface area contributed by atoms with Crippen molar-refractivity contribution in [3.8, 4) is 0 Å². The third kappa shape index (κ3) is 4.87. The van der Waals surface area contributed by atoms with E-state index in [1.807, 2.05) is 0 Å². The van der Waals surface area contributed by atoms with Crippen LogP contribution in [0.15, 0.2) is 0 Å². The largest absolute Gasteiger partial charge is 0.396 e. The third-order valence-electron chi connectivity index (χ3n) is 2.54. The molecule has 6 nitrogen and oxygen atoms in total. The van der Waals surface area contributed by atoms with Gasteiger partial charge in [0.1, 0.15) is 6.10 Å². The van der Waals surface area contributed by atoms with Crippen LogP contribution in [0.3, 0.4) is 0 Å². The van der Waals surface area contributed by atoms with Gasteiger partial charge >= 0.3 is 0 Å². The van der Waals surface area contributed by atoms with E-state index in [0.29, 0.717) is 6.42 Å². The fourth-order valence-corrected chi connectivity index (χ4v) is 1.47. The highest BCUT2D eigenvalue weighted by atomic mass is 16.5. The molecule has 3 atom stereocenters. The summed E-state index contributed by atoms with van der Waals surface area (Å²) in [6.07, 6.45) is -0.982. The van der Waals surface area contributed by atoms with Gasteiger partial charge < -0.3 is 31.9 Å². The first-order valence-corrected chi connectivity index (χ1v) is 5.00. The Hall–Kier alpha value is -0.240. The highest BCUT2D eigenvalue weighted by molar-refractivity contribution is 4.81. The van der Waals surface area contributed by atoms with Crippen LogP contribution >= 0.6 is 0 Å². The number of hydrogen-bond donors (Lipinski definition) is 6. The van der Waals surface area contributed by atoms with Crippen LogP contribution in [0.2, 0.25) is 0 Å². The van der Waals surface area contributed by atoms with Crippen LogP contribution in [0.25, 0.3) is 0 Å². The Labute approximate surface area is 89.5 Å². The summed E-state index contributed by atoms with van der Waals surface area (Å²) in [4.78, 5) is 0. The van der Waals surface area contributed by atoms with Crippen molar-refractivity contribution in [3.63, 3.8) is 0 Å². The van der Waals surface area contributed by atoms with Crippen LogP contribution < -0.4 is 11.5 Å². The molecule has 0 heterocycles. The first kappa shape index (κ1) is 14.8. The molecule has 0 aromatic carbocycles. The maximum absolute atomic E-state index is 9.58. The number of nitrogens with two attached hydrogens (primary N) is 2. The zero-order chi connectivity index (χ0) is 12.1. The molecule has 0 saturated carbocycles.